The Hall–Kier alpha value is -0.800. The van der Waals surface area contributed by atoms with Gasteiger partial charge in [0, 0.05) is 41.6 Å². The maximum Gasteiger partial charge on any atom is 0.194 e. The van der Waals surface area contributed by atoms with Gasteiger partial charge in [0.15, 0.2) is 5.96 Å². The molecule has 25 heavy (non-hydrogen) atoms. The summed E-state index contributed by atoms with van der Waals surface area (Å²) in [5.74, 6) is 2.11. The lowest BCUT2D eigenvalue weighted by Gasteiger charge is -2.39. The van der Waals surface area contributed by atoms with Crippen LogP contribution in [-0.2, 0) is 6.54 Å². The molecule has 0 atom stereocenters. The molecule has 1 aliphatic rings. The van der Waals surface area contributed by atoms with E-state index in [4.69, 9.17) is 4.98 Å². The predicted octanol–water partition coefficient (Wildman–Crippen LogP) is 4.33. The number of thiazole rings is 1. The van der Waals surface area contributed by atoms with Crippen LogP contribution in [0, 0.1) is 0 Å². The molecule has 2 aromatic rings. The quantitative estimate of drug-likeness (QED) is 0.397. The zero-order chi connectivity index (χ0) is 17.0. The summed E-state index contributed by atoms with van der Waals surface area (Å²) in [5.41, 5.74) is 2.23. The maximum absolute atomic E-state index is 4.74. The minimum atomic E-state index is 0. The van der Waals surface area contributed by atoms with Crippen LogP contribution in [0.15, 0.2) is 40.7 Å². The molecule has 0 amide bonds. The standard InChI is InChI=1S/C18H24N4S2.HI/c1-18(2)13-22(9-10-24-18)17(19-3)20-11-15-12-23-16(21-15)14-7-5-4-6-8-14;/h4-8,12H,9-11,13H2,1-3H3,(H,19,20);1H. The van der Waals surface area contributed by atoms with Crippen molar-refractivity contribution >= 4 is 53.0 Å². The highest BCUT2D eigenvalue weighted by Crippen LogP contribution is 2.29. The van der Waals surface area contributed by atoms with E-state index in [-0.39, 0.29) is 28.7 Å². The van der Waals surface area contributed by atoms with Crippen LogP contribution in [0.25, 0.3) is 10.6 Å². The van der Waals surface area contributed by atoms with Crippen molar-refractivity contribution in [3.8, 4) is 10.6 Å². The van der Waals surface area contributed by atoms with E-state index in [0.29, 0.717) is 6.54 Å². The highest BCUT2D eigenvalue weighted by molar-refractivity contribution is 14.0. The van der Waals surface area contributed by atoms with Crippen LogP contribution in [0.4, 0.5) is 0 Å². The molecule has 1 aliphatic heterocycles. The van der Waals surface area contributed by atoms with Crippen LogP contribution >= 0.6 is 47.1 Å². The minimum Gasteiger partial charge on any atom is -0.351 e. The number of hydrogen-bond acceptors (Lipinski definition) is 4. The molecule has 0 unspecified atom stereocenters. The summed E-state index contributed by atoms with van der Waals surface area (Å²) >= 11 is 3.72. The number of guanidine groups is 1. The van der Waals surface area contributed by atoms with Crippen molar-refractivity contribution in [2.24, 2.45) is 4.99 Å². The first-order valence-corrected chi connectivity index (χ1v) is 10.0. The van der Waals surface area contributed by atoms with Crippen molar-refractivity contribution in [2.75, 3.05) is 25.9 Å². The summed E-state index contributed by atoms with van der Waals surface area (Å²) in [5, 5.41) is 6.66. The summed E-state index contributed by atoms with van der Waals surface area (Å²) in [4.78, 5) is 11.5. The van der Waals surface area contributed by atoms with Crippen LogP contribution in [0.3, 0.4) is 0 Å². The number of hydrogen-bond donors (Lipinski definition) is 1. The number of aromatic nitrogens is 1. The van der Waals surface area contributed by atoms with E-state index in [1.807, 2.05) is 37.0 Å². The largest absolute Gasteiger partial charge is 0.351 e. The fourth-order valence-electron chi connectivity index (χ4n) is 2.80. The van der Waals surface area contributed by atoms with Crippen molar-refractivity contribution in [3.63, 3.8) is 0 Å². The van der Waals surface area contributed by atoms with Crippen molar-refractivity contribution in [1.82, 2.24) is 15.2 Å². The molecular formula is C18H25IN4S2. The molecule has 0 spiro atoms. The van der Waals surface area contributed by atoms with E-state index in [1.165, 1.54) is 5.56 Å². The Morgan fingerprint density at radius 1 is 1.32 bits per heavy atom. The molecule has 0 radical (unpaired) electrons. The highest BCUT2D eigenvalue weighted by Gasteiger charge is 2.28. The Balaban J connectivity index is 0.00000225. The Bertz CT molecular complexity index is 700. The average molecular weight is 488 g/mol. The van der Waals surface area contributed by atoms with Gasteiger partial charge in [0.25, 0.3) is 0 Å². The summed E-state index contributed by atoms with van der Waals surface area (Å²) in [6.07, 6.45) is 0. The van der Waals surface area contributed by atoms with Gasteiger partial charge < -0.3 is 10.2 Å². The molecule has 7 heteroatoms. The number of halogens is 1. The second-order valence-corrected chi connectivity index (χ2v) is 9.10. The second kappa shape index (κ2) is 9.23. The summed E-state index contributed by atoms with van der Waals surface area (Å²) in [6, 6.07) is 10.3. The Kier molecular flexibility index (Phi) is 7.57. The zero-order valence-electron chi connectivity index (χ0n) is 14.9. The van der Waals surface area contributed by atoms with Gasteiger partial charge >= 0.3 is 0 Å². The third-order valence-corrected chi connectivity index (χ3v) is 6.17. The van der Waals surface area contributed by atoms with Crippen LogP contribution in [-0.4, -0.2) is 46.5 Å². The van der Waals surface area contributed by atoms with E-state index in [1.54, 1.807) is 11.3 Å². The average Bonchev–Trinajstić information content (AvgIpc) is 3.04. The molecule has 1 fully saturated rings. The molecule has 1 aromatic heterocycles. The Labute approximate surface area is 175 Å². The lowest BCUT2D eigenvalue weighted by molar-refractivity contribution is 0.375. The summed E-state index contributed by atoms with van der Waals surface area (Å²) in [7, 11) is 1.85. The molecule has 1 aromatic carbocycles. The van der Waals surface area contributed by atoms with Gasteiger partial charge in [-0.15, -0.1) is 35.3 Å². The third-order valence-electron chi connectivity index (χ3n) is 3.94. The van der Waals surface area contributed by atoms with Gasteiger partial charge in [0.1, 0.15) is 5.01 Å². The SMILES string of the molecule is CN=C(NCc1csc(-c2ccccc2)n1)N1CCSC(C)(C)C1.I. The van der Waals surface area contributed by atoms with Gasteiger partial charge in [0.05, 0.1) is 12.2 Å². The topological polar surface area (TPSA) is 40.5 Å². The van der Waals surface area contributed by atoms with E-state index in [9.17, 15) is 0 Å². The number of aliphatic imine (C=N–C) groups is 1. The molecule has 1 saturated heterocycles. The van der Waals surface area contributed by atoms with E-state index in [2.05, 4.69) is 46.6 Å². The first-order chi connectivity index (χ1) is 11.6. The Morgan fingerprint density at radius 2 is 2.08 bits per heavy atom. The van der Waals surface area contributed by atoms with Crippen LogP contribution in [0.5, 0.6) is 0 Å². The lowest BCUT2D eigenvalue weighted by Crippen LogP contribution is -2.50. The van der Waals surface area contributed by atoms with Crippen molar-refractivity contribution in [2.45, 2.75) is 25.1 Å². The number of benzene rings is 1. The third kappa shape index (κ3) is 5.59. The molecule has 2 heterocycles. The van der Waals surface area contributed by atoms with Crippen LogP contribution in [0.2, 0.25) is 0 Å². The first-order valence-electron chi connectivity index (χ1n) is 8.17. The summed E-state index contributed by atoms with van der Waals surface area (Å²) < 4.78 is 0.275. The van der Waals surface area contributed by atoms with Crippen LogP contribution < -0.4 is 5.32 Å². The fraction of sp³-hybridized carbons (Fsp3) is 0.444. The summed E-state index contributed by atoms with van der Waals surface area (Å²) in [6.45, 7) is 7.36. The van der Waals surface area contributed by atoms with Gasteiger partial charge in [-0.2, -0.15) is 11.8 Å². The lowest BCUT2D eigenvalue weighted by atomic mass is 10.2. The van der Waals surface area contributed by atoms with E-state index >= 15 is 0 Å². The molecule has 3 rings (SSSR count). The fourth-order valence-corrected chi connectivity index (χ4v) is 4.74. The molecule has 0 bridgehead atoms. The Morgan fingerprint density at radius 3 is 2.76 bits per heavy atom. The molecular weight excluding hydrogens is 463 g/mol. The molecule has 0 aliphatic carbocycles. The predicted molar refractivity (Wildman–Crippen MR) is 121 cm³/mol. The smallest absolute Gasteiger partial charge is 0.194 e. The number of thioether (sulfide) groups is 1. The number of nitrogens with one attached hydrogen (secondary N) is 1. The van der Waals surface area contributed by atoms with E-state index in [0.717, 1.165) is 35.5 Å². The van der Waals surface area contributed by atoms with Gasteiger partial charge in [-0.25, -0.2) is 4.98 Å². The zero-order valence-corrected chi connectivity index (χ0v) is 18.8. The van der Waals surface area contributed by atoms with Gasteiger partial charge in [0.2, 0.25) is 0 Å². The maximum atomic E-state index is 4.74. The normalized spacial score (nSPS) is 17.1. The van der Waals surface area contributed by atoms with Gasteiger partial charge in [-0.1, -0.05) is 30.3 Å². The first kappa shape index (κ1) is 20.5. The second-order valence-electron chi connectivity index (χ2n) is 6.44. The van der Waals surface area contributed by atoms with Crippen molar-refractivity contribution in [1.29, 1.82) is 0 Å². The minimum absolute atomic E-state index is 0. The van der Waals surface area contributed by atoms with E-state index < -0.39 is 0 Å². The number of rotatable bonds is 3. The molecule has 4 nitrogen and oxygen atoms in total. The molecule has 1 N–H and O–H groups in total. The molecule has 136 valence electrons. The van der Waals surface area contributed by atoms with Crippen molar-refractivity contribution in [3.05, 3.63) is 41.4 Å². The van der Waals surface area contributed by atoms with Gasteiger partial charge in [-0.3, -0.25) is 4.99 Å². The molecule has 0 saturated carbocycles. The van der Waals surface area contributed by atoms with Gasteiger partial charge in [-0.05, 0) is 13.8 Å². The van der Waals surface area contributed by atoms with Crippen molar-refractivity contribution < 1.29 is 0 Å². The highest BCUT2D eigenvalue weighted by atomic mass is 127. The number of nitrogens with zero attached hydrogens (tertiary/aromatic N) is 3. The van der Waals surface area contributed by atoms with Crippen LogP contribution in [0.1, 0.15) is 19.5 Å². The monoisotopic (exact) mass is 488 g/mol.